The van der Waals surface area contributed by atoms with Gasteiger partial charge in [0.1, 0.15) is 17.6 Å². The molecule has 0 aliphatic carbocycles. The van der Waals surface area contributed by atoms with Gasteiger partial charge < -0.3 is 5.32 Å². The van der Waals surface area contributed by atoms with Crippen LogP contribution in [0.4, 0.5) is 10.2 Å². The lowest BCUT2D eigenvalue weighted by molar-refractivity contribution is 0.627. The first-order valence-electron chi connectivity index (χ1n) is 7.01. The predicted molar refractivity (Wildman–Crippen MR) is 90.1 cm³/mol. The van der Waals surface area contributed by atoms with Gasteiger partial charge in [0, 0.05) is 18.0 Å². The van der Waals surface area contributed by atoms with Gasteiger partial charge >= 0.3 is 0 Å². The molecule has 0 saturated heterocycles. The Kier molecular flexibility index (Phi) is 5.63. The normalized spacial score (nSPS) is 12.5. The summed E-state index contributed by atoms with van der Waals surface area (Å²) in [6.07, 6.45) is 1.73. The van der Waals surface area contributed by atoms with Gasteiger partial charge in [-0.25, -0.2) is 9.37 Å². The number of pyridine rings is 1. The van der Waals surface area contributed by atoms with Crippen LogP contribution in [0.5, 0.6) is 0 Å². The van der Waals surface area contributed by atoms with Gasteiger partial charge in [0.2, 0.25) is 0 Å². The van der Waals surface area contributed by atoms with E-state index in [1.807, 2.05) is 25.7 Å². The third-order valence-corrected chi connectivity index (χ3v) is 4.26. The number of nitrogens with one attached hydrogen (secondary N) is 1. The van der Waals surface area contributed by atoms with Crippen molar-refractivity contribution in [2.24, 2.45) is 0 Å². The van der Waals surface area contributed by atoms with Gasteiger partial charge in [0.15, 0.2) is 0 Å². The average Bonchev–Trinajstić information content (AvgIpc) is 2.54. The van der Waals surface area contributed by atoms with Crippen molar-refractivity contribution in [3.05, 3.63) is 59.5 Å². The zero-order valence-electron chi connectivity index (χ0n) is 12.5. The molecule has 3 nitrogen and oxygen atoms in total. The maximum Gasteiger partial charge on any atom is 0.126 e. The minimum absolute atomic E-state index is 0.297. The summed E-state index contributed by atoms with van der Waals surface area (Å²) in [6.45, 7) is 4.79. The highest BCUT2D eigenvalue weighted by molar-refractivity contribution is 7.40. The molecule has 0 amide bonds. The van der Waals surface area contributed by atoms with Gasteiger partial charge in [0.05, 0.1) is 6.07 Å². The number of rotatable bonds is 5. The molecular formula is C17H17FN3P. The largest absolute Gasteiger partial charge is 0.370 e. The van der Waals surface area contributed by atoms with Crippen LogP contribution in [-0.2, 0) is 0 Å². The Morgan fingerprint density at radius 2 is 2.09 bits per heavy atom. The minimum atomic E-state index is -0.399. The van der Waals surface area contributed by atoms with E-state index in [0.29, 0.717) is 0 Å². The fraction of sp³-hybridized carbons (Fsp3) is 0.235. The number of halogens is 1. The SMILES string of the molecule is CCNc1cc(C(=PC)C(C#N)c2ccc(F)cc2)ccn1. The van der Waals surface area contributed by atoms with Gasteiger partial charge in [-0.2, -0.15) is 5.26 Å². The standard InChI is InChI=1S/C17H17FN3P/c1-3-20-16-10-13(8-9-21-16)17(22-2)15(11-19)12-4-6-14(18)7-5-12/h4-10,15H,3H2,1-2H3,(H,20,21). The van der Waals surface area contributed by atoms with E-state index in [-0.39, 0.29) is 5.82 Å². The lowest BCUT2D eigenvalue weighted by atomic mass is 9.93. The van der Waals surface area contributed by atoms with E-state index in [0.717, 1.165) is 37.0 Å². The predicted octanol–water partition coefficient (Wildman–Crippen LogP) is 4.06. The Morgan fingerprint density at radius 3 is 2.68 bits per heavy atom. The Labute approximate surface area is 131 Å². The monoisotopic (exact) mass is 313 g/mol. The second kappa shape index (κ2) is 7.68. The summed E-state index contributed by atoms with van der Waals surface area (Å²) < 4.78 is 13.1. The van der Waals surface area contributed by atoms with Crippen molar-refractivity contribution >= 4 is 19.3 Å². The molecule has 5 heteroatoms. The van der Waals surface area contributed by atoms with E-state index in [4.69, 9.17) is 0 Å². The molecular weight excluding hydrogens is 296 g/mol. The molecule has 0 spiro atoms. The molecule has 0 aliphatic heterocycles. The number of anilines is 1. The van der Waals surface area contributed by atoms with Gasteiger partial charge in [0.25, 0.3) is 0 Å². The van der Waals surface area contributed by atoms with E-state index in [1.54, 1.807) is 18.3 Å². The molecule has 0 fully saturated rings. The summed E-state index contributed by atoms with van der Waals surface area (Å²) >= 11 is 0. The molecule has 0 saturated carbocycles. The van der Waals surface area contributed by atoms with Crippen LogP contribution in [0.2, 0.25) is 0 Å². The second-order valence-electron chi connectivity index (χ2n) is 4.68. The topological polar surface area (TPSA) is 48.7 Å². The first-order valence-corrected chi connectivity index (χ1v) is 8.35. The van der Waals surface area contributed by atoms with Crippen molar-refractivity contribution in [1.82, 2.24) is 4.98 Å². The molecule has 2 aromatic rings. The van der Waals surface area contributed by atoms with Crippen molar-refractivity contribution in [2.75, 3.05) is 18.5 Å². The molecule has 22 heavy (non-hydrogen) atoms. The van der Waals surface area contributed by atoms with Gasteiger partial charge in [-0.05, 0) is 49.0 Å². The molecule has 1 atom stereocenters. The molecule has 1 aromatic carbocycles. The third-order valence-electron chi connectivity index (χ3n) is 3.26. The molecule has 2 rings (SSSR count). The van der Waals surface area contributed by atoms with E-state index < -0.39 is 5.92 Å². The summed E-state index contributed by atoms with van der Waals surface area (Å²) in [5.41, 5.74) is 1.78. The van der Waals surface area contributed by atoms with Gasteiger partial charge in [-0.3, -0.25) is 0 Å². The lowest BCUT2D eigenvalue weighted by Gasteiger charge is -2.15. The van der Waals surface area contributed by atoms with E-state index in [9.17, 15) is 9.65 Å². The zero-order chi connectivity index (χ0) is 15.9. The van der Waals surface area contributed by atoms with Crippen molar-refractivity contribution < 1.29 is 4.39 Å². The van der Waals surface area contributed by atoms with Crippen LogP contribution in [0, 0.1) is 17.1 Å². The number of aromatic nitrogens is 1. The van der Waals surface area contributed by atoms with Gasteiger partial charge in [-0.1, -0.05) is 12.1 Å². The zero-order valence-corrected chi connectivity index (χ0v) is 13.4. The quantitative estimate of drug-likeness (QED) is 0.847. The summed E-state index contributed by atoms with van der Waals surface area (Å²) in [7, 11) is 1.00. The second-order valence-corrected chi connectivity index (χ2v) is 5.61. The maximum absolute atomic E-state index is 13.1. The smallest absolute Gasteiger partial charge is 0.126 e. The molecule has 0 aliphatic rings. The number of hydrogen-bond donors (Lipinski definition) is 1. The molecule has 1 N–H and O–H groups in total. The summed E-state index contributed by atoms with van der Waals surface area (Å²) in [5.74, 6) is 0.0930. The van der Waals surface area contributed by atoms with E-state index in [1.165, 1.54) is 12.1 Å². The Balaban J connectivity index is 2.39. The van der Waals surface area contributed by atoms with Crippen LogP contribution in [0.25, 0.3) is 0 Å². The first kappa shape index (κ1) is 16.1. The van der Waals surface area contributed by atoms with Crippen LogP contribution in [0.15, 0.2) is 42.6 Å². The average molecular weight is 313 g/mol. The van der Waals surface area contributed by atoms with Crippen molar-refractivity contribution in [3.63, 3.8) is 0 Å². The minimum Gasteiger partial charge on any atom is -0.370 e. The van der Waals surface area contributed by atoms with Crippen LogP contribution in [0.3, 0.4) is 0 Å². The molecule has 0 bridgehead atoms. The summed E-state index contributed by atoms with van der Waals surface area (Å²) in [5, 5.41) is 13.7. The van der Waals surface area contributed by atoms with E-state index in [2.05, 4.69) is 16.4 Å². The summed E-state index contributed by atoms with van der Waals surface area (Å²) in [4.78, 5) is 4.26. The Bertz CT molecular complexity index is 705. The van der Waals surface area contributed by atoms with Crippen LogP contribution in [0.1, 0.15) is 24.0 Å². The van der Waals surface area contributed by atoms with Crippen LogP contribution >= 0.6 is 8.20 Å². The Hall–Kier alpha value is -2.24. The van der Waals surface area contributed by atoms with Crippen LogP contribution in [-0.4, -0.2) is 23.5 Å². The molecule has 1 heterocycles. The molecule has 1 unspecified atom stereocenters. The number of nitrogens with zero attached hydrogens (tertiary/aromatic N) is 2. The Morgan fingerprint density at radius 1 is 1.36 bits per heavy atom. The highest BCUT2D eigenvalue weighted by Crippen LogP contribution is 2.25. The maximum atomic E-state index is 13.1. The molecule has 0 radical (unpaired) electrons. The van der Waals surface area contributed by atoms with Crippen molar-refractivity contribution in [2.45, 2.75) is 12.8 Å². The fourth-order valence-electron chi connectivity index (χ4n) is 2.24. The molecule has 112 valence electrons. The highest BCUT2D eigenvalue weighted by Gasteiger charge is 2.18. The van der Waals surface area contributed by atoms with Crippen molar-refractivity contribution in [1.29, 1.82) is 5.26 Å². The number of hydrogen-bond acceptors (Lipinski definition) is 3. The lowest BCUT2D eigenvalue weighted by Crippen LogP contribution is -2.11. The molecule has 1 aromatic heterocycles. The van der Waals surface area contributed by atoms with Crippen LogP contribution < -0.4 is 5.32 Å². The van der Waals surface area contributed by atoms with Gasteiger partial charge in [-0.15, -0.1) is 8.20 Å². The summed E-state index contributed by atoms with van der Waals surface area (Å²) in [6, 6.07) is 12.3. The fourth-order valence-corrected chi connectivity index (χ4v) is 3.10. The van der Waals surface area contributed by atoms with Crippen molar-refractivity contribution in [3.8, 4) is 6.07 Å². The number of benzene rings is 1. The number of nitriles is 1. The first-order chi connectivity index (χ1) is 10.7. The van der Waals surface area contributed by atoms with E-state index >= 15 is 0 Å². The third kappa shape index (κ3) is 3.69. The highest BCUT2D eigenvalue weighted by atomic mass is 31.1.